The smallest absolute Gasteiger partial charge is 0.263 e. The van der Waals surface area contributed by atoms with E-state index in [2.05, 4.69) is 20.0 Å². The van der Waals surface area contributed by atoms with E-state index < -0.39 is 10.0 Å². The Morgan fingerprint density at radius 2 is 2.05 bits per heavy atom. The highest BCUT2D eigenvalue weighted by Gasteiger charge is 2.17. The van der Waals surface area contributed by atoms with E-state index in [1.807, 2.05) is 0 Å². The first-order valence-electron chi connectivity index (χ1n) is 5.71. The Labute approximate surface area is 122 Å². The van der Waals surface area contributed by atoms with Gasteiger partial charge in [0.15, 0.2) is 0 Å². The number of nitrogens with one attached hydrogen (secondary N) is 2. The standard InChI is InChI=1S/C12H13ClN4O2S/c1-8-6-15-4-3-11(8)17-20(18,19)9-5-10(13)12(14-2)16-7-9/h3-7H,1-2H3,(H,14,16)(H,15,17). The van der Waals surface area contributed by atoms with Gasteiger partial charge in [0.2, 0.25) is 0 Å². The third-order valence-corrected chi connectivity index (χ3v) is 4.25. The number of aryl methyl sites for hydroxylation is 1. The molecule has 0 fully saturated rings. The highest BCUT2D eigenvalue weighted by Crippen LogP contribution is 2.24. The second-order valence-electron chi connectivity index (χ2n) is 4.05. The molecule has 0 aliphatic rings. The van der Waals surface area contributed by atoms with Crippen molar-refractivity contribution in [1.29, 1.82) is 0 Å². The van der Waals surface area contributed by atoms with Crippen LogP contribution in [-0.2, 0) is 10.0 Å². The van der Waals surface area contributed by atoms with Gasteiger partial charge in [0.25, 0.3) is 10.0 Å². The molecule has 6 nitrogen and oxygen atoms in total. The number of hydrogen-bond acceptors (Lipinski definition) is 5. The topological polar surface area (TPSA) is 84.0 Å². The van der Waals surface area contributed by atoms with Gasteiger partial charge in [-0.05, 0) is 24.6 Å². The fraction of sp³-hybridized carbons (Fsp3) is 0.167. The molecule has 2 rings (SSSR count). The Balaban J connectivity index is 2.36. The van der Waals surface area contributed by atoms with E-state index in [1.165, 1.54) is 18.5 Å². The molecule has 0 saturated heterocycles. The Morgan fingerprint density at radius 3 is 2.65 bits per heavy atom. The summed E-state index contributed by atoms with van der Waals surface area (Å²) >= 11 is 5.94. The van der Waals surface area contributed by atoms with Crippen molar-refractivity contribution in [3.05, 3.63) is 41.3 Å². The highest BCUT2D eigenvalue weighted by molar-refractivity contribution is 7.92. The molecule has 20 heavy (non-hydrogen) atoms. The van der Waals surface area contributed by atoms with Crippen LogP contribution in [0.5, 0.6) is 0 Å². The van der Waals surface area contributed by atoms with Crippen LogP contribution < -0.4 is 10.0 Å². The molecule has 0 bridgehead atoms. The summed E-state index contributed by atoms with van der Waals surface area (Å²) in [6.45, 7) is 1.76. The van der Waals surface area contributed by atoms with E-state index in [-0.39, 0.29) is 9.92 Å². The van der Waals surface area contributed by atoms with Crippen LogP contribution in [0.15, 0.2) is 35.6 Å². The molecule has 0 aromatic carbocycles. The Morgan fingerprint density at radius 1 is 1.30 bits per heavy atom. The summed E-state index contributed by atoms with van der Waals surface area (Å²) in [5.74, 6) is 0.422. The molecule has 0 unspecified atom stereocenters. The summed E-state index contributed by atoms with van der Waals surface area (Å²) in [6.07, 6.45) is 4.34. The van der Waals surface area contributed by atoms with E-state index in [4.69, 9.17) is 11.6 Å². The first-order chi connectivity index (χ1) is 9.44. The summed E-state index contributed by atoms with van der Waals surface area (Å²) in [5.41, 5.74) is 1.19. The number of rotatable bonds is 4. The van der Waals surface area contributed by atoms with Crippen molar-refractivity contribution in [3.63, 3.8) is 0 Å². The molecule has 2 heterocycles. The van der Waals surface area contributed by atoms with E-state index in [0.29, 0.717) is 11.5 Å². The van der Waals surface area contributed by atoms with Crippen molar-refractivity contribution in [2.24, 2.45) is 0 Å². The van der Waals surface area contributed by atoms with Gasteiger partial charge in [-0.2, -0.15) is 0 Å². The zero-order valence-corrected chi connectivity index (χ0v) is 12.5. The fourth-order valence-corrected chi connectivity index (χ4v) is 2.97. The van der Waals surface area contributed by atoms with Gasteiger partial charge in [-0.3, -0.25) is 9.71 Å². The molecule has 2 aromatic heterocycles. The van der Waals surface area contributed by atoms with Gasteiger partial charge in [-0.15, -0.1) is 0 Å². The molecule has 106 valence electrons. The monoisotopic (exact) mass is 312 g/mol. The van der Waals surface area contributed by atoms with Crippen LogP contribution in [0.1, 0.15) is 5.56 Å². The number of pyridine rings is 2. The predicted octanol–water partition coefficient (Wildman–Crippen LogP) is 2.28. The summed E-state index contributed by atoms with van der Waals surface area (Å²) < 4.78 is 27.0. The Bertz CT molecular complexity index is 734. The molecule has 2 N–H and O–H groups in total. The normalized spacial score (nSPS) is 11.2. The average Bonchev–Trinajstić information content (AvgIpc) is 2.41. The van der Waals surface area contributed by atoms with Gasteiger partial charge in [0.1, 0.15) is 10.7 Å². The second-order valence-corrected chi connectivity index (χ2v) is 6.14. The number of hydrogen-bond donors (Lipinski definition) is 2. The lowest BCUT2D eigenvalue weighted by Gasteiger charge is -2.11. The summed E-state index contributed by atoms with van der Waals surface area (Å²) in [4.78, 5) is 7.86. The van der Waals surface area contributed by atoms with E-state index in [1.54, 1.807) is 26.2 Å². The summed E-state index contributed by atoms with van der Waals surface area (Å²) in [7, 11) is -2.08. The maximum atomic E-state index is 12.3. The molecule has 0 saturated carbocycles. The fourth-order valence-electron chi connectivity index (χ4n) is 1.54. The predicted molar refractivity (Wildman–Crippen MR) is 78.6 cm³/mol. The maximum absolute atomic E-state index is 12.3. The average molecular weight is 313 g/mol. The number of halogens is 1. The van der Waals surface area contributed by atoms with Gasteiger partial charge >= 0.3 is 0 Å². The van der Waals surface area contributed by atoms with Crippen LogP contribution in [0, 0.1) is 6.92 Å². The number of sulfonamides is 1. The maximum Gasteiger partial charge on any atom is 0.263 e. The Kier molecular flexibility index (Phi) is 4.10. The number of anilines is 2. The van der Waals surface area contributed by atoms with Crippen LogP contribution in [0.2, 0.25) is 5.02 Å². The SMILES string of the molecule is CNc1ncc(S(=O)(=O)Nc2ccncc2C)cc1Cl. The first kappa shape index (κ1) is 14.5. The third-order valence-electron chi connectivity index (χ3n) is 2.63. The summed E-state index contributed by atoms with van der Waals surface area (Å²) in [5, 5.41) is 3.00. The molecule has 2 aromatic rings. The van der Waals surface area contributed by atoms with Gasteiger partial charge in [-0.1, -0.05) is 11.6 Å². The van der Waals surface area contributed by atoms with Crippen molar-refractivity contribution in [2.75, 3.05) is 17.1 Å². The number of aromatic nitrogens is 2. The van der Waals surface area contributed by atoms with Crippen LogP contribution in [0.3, 0.4) is 0 Å². The van der Waals surface area contributed by atoms with Crippen molar-refractivity contribution < 1.29 is 8.42 Å². The third kappa shape index (κ3) is 3.00. The number of nitrogens with zero attached hydrogens (tertiary/aromatic N) is 2. The van der Waals surface area contributed by atoms with E-state index in [0.717, 1.165) is 5.56 Å². The van der Waals surface area contributed by atoms with Crippen molar-refractivity contribution in [2.45, 2.75) is 11.8 Å². The summed E-state index contributed by atoms with van der Waals surface area (Å²) in [6, 6.07) is 2.93. The minimum Gasteiger partial charge on any atom is -0.372 e. The molecule has 0 amide bonds. The molecule has 8 heteroatoms. The van der Waals surface area contributed by atoms with Gasteiger partial charge in [-0.25, -0.2) is 13.4 Å². The molecule has 0 aliphatic heterocycles. The largest absolute Gasteiger partial charge is 0.372 e. The molecule has 0 aliphatic carbocycles. The molecular formula is C12H13ClN4O2S. The quantitative estimate of drug-likeness (QED) is 0.905. The lowest BCUT2D eigenvalue weighted by molar-refractivity contribution is 0.601. The molecular weight excluding hydrogens is 300 g/mol. The van der Waals surface area contributed by atoms with Crippen LogP contribution in [-0.4, -0.2) is 25.4 Å². The zero-order valence-electron chi connectivity index (χ0n) is 10.9. The highest BCUT2D eigenvalue weighted by atomic mass is 35.5. The second kappa shape index (κ2) is 5.64. The van der Waals surface area contributed by atoms with Crippen LogP contribution >= 0.6 is 11.6 Å². The Hall–Kier alpha value is -1.86. The van der Waals surface area contributed by atoms with Crippen LogP contribution in [0.4, 0.5) is 11.5 Å². The lowest BCUT2D eigenvalue weighted by Crippen LogP contribution is -2.14. The van der Waals surface area contributed by atoms with Gasteiger partial charge in [0.05, 0.1) is 10.7 Å². The van der Waals surface area contributed by atoms with Crippen LogP contribution in [0.25, 0.3) is 0 Å². The van der Waals surface area contributed by atoms with Crippen molar-refractivity contribution >= 4 is 33.1 Å². The van der Waals surface area contributed by atoms with E-state index in [9.17, 15) is 8.42 Å². The zero-order chi connectivity index (χ0) is 14.8. The van der Waals surface area contributed by atoms with Crippen molar-refractivity contribution in [3.8, 4) is 0 Å². The van der Waals surface area contributed by atoms with Gasteiger partial charge < -0.3 is 5.32 Å². The minimum absolute atomic E-state index is 0.00212. The first-order valence-corrected chi connectivity index (χ1v) is 7.57. The lowest BCUT2D eigenvalue weighted by atomic mass is 10.3. The van der Waals surface area contributed by atoms with E-state index >= 15 is 0 Å². The molecule has 0 spiro atoms. The molecule has 0 radical (unpaired) electrons. The van der Waals surface area contributed by atoms with Crippen molar-refractivity contribution in [1.82, 2.24) is 9.97 Å². The van der Waals surface area contributed by atoms with Gasteiger partial charge in [0, 0.05) is 25.6 Å². The molecule has 0 atom stereocenters. The minimum atomic E-state index is -3.74.